The molecule has 0 saturated carbocycles. The number of benzene rings is 7. The number of hydrogen-bond acceptors (Lipinski definition) is 2. The molecule has 9 aromatic rings. The summed E-state index contributed by atoms with van der Waals surface area (Å²) >= 11 is 0. The largest absolute Gasteiger partial charge is 0.456 e. The van der Waals surface area contributed by atoms with Crippen LogP contribution in [0, 0.1) is 0 Å². The highest BCUT2D eigenvalue weighted by molar-refractivity contribution is 6.09. The number of pyridine rings is 1. The molecule has 0 amide bonds. The van der Waals surface area contributed by atoms with Crippen LogP contribution in [0.5, 0.6) is 0 Å². The summed E-state index contributed by atoms with van der Waals surface area (Å²) in [5.41, 5.74) is 17.4. The van der Waals surface area contributed by atoms with Gasteiger partial charge in [-0.3, -0.25) is 0 Å². The topological polar surface area (TPSA) is 26.0 Å². The van der Waals surface area contributed by atoms with Gasteiger partial charge in [0.15, 0.2) is 0 Å². The Bertz CT molecular complexity index is 3040. The van der Waals surface area contributed by atoms with E-state index in [1.54, 1.807) is 0 Å². The number of fused-ring (bicyclic) bond motifs is 6. The highest BCUT2D eigenvalue weighted by atomic mass is 16.3. The first-order valence-corrected chi connectivity index (χ1v) is 19.7. The van der Waals surface area contributed by atoms with Crippen LogP contribution in [-0.2, 0) is 5.41 Å². The van der Waals surface area contributed by atoms with Crippen molar-refractivity contribution < 1.29 is 4.42 Å². The lowest BCUT2D eigenvalue weighted by Gasteiger charge is -2.33. The second kappa shape index (κ2) is 13.5. The van der Waals surface area contributed by atoms with Crippen molar-refractivity contribution in [3.63, 3.8) is 0 Å². The van der Waals surface area contributed by atoms with Gasteiger partial charge < -0.3 is 4.42 Å². The second-order valence-corrected chi connectivity index (χ2v) is 15.0. The predicted molar refractivity (Wildman–Crippen MR) is 236 cm³/mol. The van der Waals surface area contributed by atoms with E-state index >= 15 is 0 Å². The summed E-state index contributed by atoms with van der Waals surface area (Å²) < 4.78 is 6.85. The molecule has 0 aliphatic heterocycles. The van der Waals surface area contributed by atoms with Crippen molar-refractivity contribution in [3.8, 4) is 44.6 Å². The van der Waals surface area contributed by atoms with Gasteiger partial charge >= 0.3 is 0 Å². The zero-order valence-electron chi connectivity index (χ0n) is 31.3. The van der Waals surface area contributed by atoms with E-state index < -0.39 is 5.41 Å². The normalized spacial score (nSPS) is 14.0. The van der Waals surface area contributed by atoms with Gasteiger partial charge in [0.1, 0.15) is 11.2 Å². The van der Waals surface area contributed by atoms with Crippen molar-refractivity contribution in [2.75, 3.05) is 0 Å². The van der Waals surface area contributed by atoms with Gasteiger partial charge in [-0.2, -0.15) is 0 Å². The van der Waals surface area contributed by atoms with Crippen molar-refractivity contribution >= 4 is 27.5 Å². The Labute approximate surface area is 332 Å². The van der Waals surface area contributed by atoms with E-state index in [2.05, 4.69) is 212 Å². The third-order valence-corrected chi connectivity index (χ3v) is 11.8. The van der Waals surface area contributed by atoms with Gasteiger partial charge in [-0.05, 0) is 110 Å². The Morgan fingerprint density at radius 1 is 0.439 bits per heavy atom. The third-order valence-electron chi connectivity index (χ3n) is 11.8. The molecule has 2 aliphatic carbocycles. The van der Waals surface area contributed by atoms with Crippen LogP contribution in [0.3, 0.4) is 0 Å². The third kappa shape index (κ3) is 5.44. The molecule has 2 heterocycles. The first-order valence-electron chi connectivity index (χ1n) is 19.7. The maximum absolute atomic E-state index is 6.85. The molecule has 11 rings (SSSR count). The molecule has 0 fully saturated rings. The molecule has 0 N–H and O–H groups in total. The molecule has 2 heteroatoms. The van der Waals surface area contributed by atoms with E-state index in [-0.39, 0.29) is 0 Å². The summed E-state index contributed by atoms with van der Waals surface area (Å²) in [5, 5.41) is 2.24. The molecule has 2 nitrogen and oxygen atoms in total. The van der Waals surface area contributed by atoms with Crippen LogP contribution in [-0.4, -0.2) is 4.98 Å². The maximum Gasteiger partial charge on any atom is 0.136 e. The molecule has 7 aromatic carbocycles. The van der Waals surface area contributed by atoms with Crippen LogP contribution in [0.4, 0.5) is 0 Å². The number of rotatable bonds is 6. The van der Waals surface area contributed by atoms with Gasteiger partial charge in [0.2, 0.25) is 0 Å². The molecule has 0 bridgehead atoms. The molecule has 268 valence electrons. The van der Waals surface area contributed by atoms with Gasteiger partial charge in [-0.1, -0.05) is 170 Å². The van der Waals surface area contributed by atoms with Gasteiger partial charge in [-0.15, -0.1) is 0 Å². The molecule has 57 heavy (non-hydrogen) atoms. The van der Waals surface area contributed by atoms with Crippen molar-refractivity contribution in [1.29, 1.82) is 0 Å². The zero-order chi connectivity index (χ0) is 37.8. The lowest BCUT2D eigenvalue weighted by molar-refractivity contribution is 0.666. The quantitative estimate of drug-likeness (QED) is 0.170. The number of nitrogens with zero attached hydrogens (tertiary/aromatic N) is 1. The van der Waals surface area contributed by atoms with E-state index in [1.165, 1.54) is 38.9 Å². The Morgan fingerprint density at radius 3 is 1.91 bits per heavy atom. The van der Waals surface area contributed by atoms with Crippen LogP contribution in [0.2, 0.25) is 0 Å². The summed E-state index contributed by atoms with van der Waals surface area (Å²) in [6.45, 7) is 0. The Kier molecular flexibility index (Phi) is 7.82. The van der Waals surface area contributed by atoms with Crippen molar-refractivity contribution in [1.82, 2.24) is 4.98 Å². The minimum Gasteiger partial charge on any atom is -0.456 e. The summed E-state index contributed by atoms with van der Waals surface area (Å²) in [5.74, 6) is 0. The van der Waals surface area contributed by atoms with E-state index in [0.717, 1.165) is 67.6 Å². The first kappa shape index (κ1) is 33.1. The fourth-order valence-corrected chi connectivity index (χ4v) is 9.12. The summed E-state index contributed by atoms with van der Waals surface area (Å²) in [6.07, 6.45) is 11.7. The highest BCUT2D eigenvalue weighted by Gasteiger charge is 2.46. The van der Waals surface area contributed by atoms with E-state index in [9.17, 15) is 0 Å². The summed E-state index contributed by atoms with van der Waals surface area (Å²) in [6, 6.07) is 65.8. The van der Waals surface area contributed by atoms with Gasteiger partial charge in [0.25, 0.3) is 0 Å². The Morgan fingerprint density at radius 2 is 1.11 bits per heavy atom. The second-order valence-electron chi connectivity index (χ2n) is 15.0. The average Bonchev–Trinajstić information content (AvgIpc) is 3.62. The van der Waals surface area contributed by atoms with E-state index in [0.29, 0.717) is 0 Å². The van der Waals surface area contributed by atoms with Gasteiger partial charge in [0.05, 0.1) is 16.8 Å². The first-order chi connectivity index (χ1) is 28.2. The molecule has 0 atom stereocenters. The standard InChI is InChI=1S/C55H37NO/c1-2-7-20-38(19-6-1)51-32-42(37-17-8-3-9-18-37)33-52(56-51)41-22-16-21-39(31-41)40-29-30-46-48-35-47-45-27-14-15-28-49(45)55(43-23-10-4-11-24-43,44-25-12-5-13-26-44)50(47)36-54(48)57-53(46)34-40/h1,3-36H,2H2. The smallest absolute Gasteiger partial charge is 0.136 e. The lowest BCUT2D eigenvalue weighted by atomic mass is 9.67. The van der Waals surface area contributed by atoms with Gasteiger partial charge in [0, 0.05) is 16.3 Å². The minimum atomic E-state index is -0.474. The molecule has 0 radical (unpaired) electrons. The fraction of sp³-hybridized carbons (Fsp3) is 0.0364. The van der Waals surface area contributed by atoms with Crippen LogP contribution in [0.25, 0.3) is 72.1 Å². The summed E-state index contributed by atoms with van der Waals surface area (Å²) in [4.78, 5) is 5.24. The molecule has 2 aromatic heterocycles. The number of hydrogen-bond donors (Lipinski definition) is 0. The molecule has 2 aliphatic rings. The van der Waals surface area contributed by atoms with Crippen molar-refractivity contribution in [2.45, 2.75) is 11.8 Å². The van der Waals surface area contributed by atoms with E-state index in [4.69, 9.17) is 9.40 Å². The number of allylic oxidation sites excluding steroid dienone is 6. The van der Waals surface area contributed by atoms with Crippen molar-refractivity contribution in [2.24, 2.45) is 0 Å². The summed E-state index contributed by atoms with van der Waals surface area (Å²) in [7, 11) is 0. The zero-order valence-corrected chi connectivity index (χ0v) is 31.3. The minimum absolute atomic E-state index is 0.474. The van der Waals surface area contributed by atoms with Crippen LogP contribution in [0.1, 0.15) is 34.4 Å². The average molecular weight is 728 g/mol. The maximum atomic E-state index is 6.85. The molecule has 0 unspecified atom stereocenters. The molecular weight excluding hydrogens is 691 g/mol. The van der Waals surface area contributed by atoms with Crippen LogP contribution < -0.4 is 0 Å². The van der Waals surface area contributed by atoms with E-state index in [1.807, 2.05) is 0 Å². The molecular formula is C55H37NO. The Balaban J connectivity index is 1.04. The highest BCUT2D eigenvalue weighted by Crippen LogP contribution is 2.57. The van der Waals surface area contributed by atoms with Crippen LogP contribution >= 0.6 is 0 Å². The molecule has 0 saturated heterocycles. The SMILES string of the molecule is C1=CCC=CC(c2cc(-c3ccccc3)cc(-c3cccc(-c4ccc5c(c4)oc4cc6c(cc45)-c4ccccc4C6(c4ccccc4)c4ccccc4)c3)n2)=C1. The monoisotopic (exact) mass is 727 g/mol. The lowest BCUT2D eigenvalue weighted by Crippen LogP contribution is -2.28. The number of aromatic nitrogens is 1. The van der Waals surface area contributed by atoms with Crippen molar-refractivity contribution in [3.05, 3.63) is 240 Å². The number of furan rings is 1. The van der Waals surface area contributed by atoms with Gasteiger partial charge in [-0.25, -0.2) is 4.98 Å². The fourth-order valence-electron chi connectivity index (χ4n) is 9.12. The molecule has 0 spiro atoms. The van der Waals surface area contributed by atoms with Crippen LogP contribution in [0.15, 0.2) is 217 Å². The predicted octanol–water partition coefficient (Wildman–Crippen LogP) is 14.2. The Hall–Kier alpha value is -7.29.